The molecule has 1 rings (SSSR count). The molecule has 0 aliphatic carbocycles. The van der Waals surface area contributed by atoms with Crippen LogP contribution in [0.5, 0.6) is 5.75 Å². The van der Waals surface area contributed by atoms with E-state index in [4.69, 9.17) is 22.9 Å². The van der Waals surface area contributed by atoms with Gasteiger partial charge in [-0.3, -0.25) is 19.4 Å². The van der Waals surface area contributed by atoms with Gasteiger partial charge in [0.1, 0.15) is 17.8 Å². The predicted octanol–water partition coefficient (Wildman–Crippen LogP) is -2.36. The van der Waals surface area contributed by atoms with E-state index < -0.39 is 41.8 Å². The van der Waals surface area contributed by atoms with Crippen LogP contribution in [0.2, 0.25) is 0 Å². The van der Waals surface area contributed by atoms with Crippen molar-refractivity contribution < 1.29 is 29.4 Å². The molecule has 0 aliphatic rings. The number of nitrogens with one attached hydrogen (secondary N) is 2. The van der Waals surface area contributed by atoms with Crippen LogP contribution in [0, 0.1) is 0 Å². The number of carbonyl (C=O) groups excluding carboxylic acids is 3. The topological polar surface area (TPSA) is 249 Å². The van der Waals surface area contributed by atoms with Crippen LogP contribution < -0.4 is 33.6 Å². The SMILES string of the molecule is NC(=O)CCC(NC(=O)C(N)Cc1ccc(O)cc1)C(=O)NC(CCCN=C(N)N)C(=O)O. The molecule has 182 valence electrons. The maximum atomic E-state index is 12.7. The average Bonchev–Trinajstić information content (AvgIpc) is 2.73. The van der Waals surface area contributed by atoms with Crippen LogP contribution in [-0.4, -0.2) is 64.5 Å². The number of phenolic OH excluding ortho intramolecular Hbond substituents is 1. The van der Waals surface area contributed by atoms with Crippen molar-refractivity contribution in [3.63, 3.8) is 0 Å². The number of amides is 3. The van der Waals surface area contributed by atoms with Gasteiger partial charge in [-0.15, -0.1) is 0 Å². The van der Waals surface area contributed by atoms with E-state index >= 15 is 0 Å². The number of carboxylic acid groups (broad SMARTS) is 1. The summed E-state index contributed by atoms with van der Waals surface area (Å²) in [5.74, 6) is -3.52. The summed E-state index contributed by atoms with van der Waals surface area (Å²) in [7, 11) is 0. The molecule has 33 heavy (non-hydrogen) atoms. The van der Waals surface area contributed by atoms with Crippen molar-refractivity contribution in [2.75, 3.05) is 6.54 Å². The van der Waals surface area contributed by atoms with Crippen LogP contribution in [0.3, 0.4) is 0 Å². The first-order valence-corrected chi connectivity index (χ1v) is 10.2. The third-order valence-electron chi connectivity index (χ3n) is 4.60. The number of primary amides is 1. The second-order valence-corrected chi connectivity index (χ2v) is 7.39. The molecule has 0 fully saturated rings. The molecule has 0 saturated heterocycles. The zero-order valence-electron chi connectivity index (χ0n) is 18.1. The number of guanidine groups is 1. The van der Waals surface area contributed by atoms with Crippen LogP contribution in [0.15, 0.2) is 29.3 Å². The van der Waals surface area contributed by atoms with Gasteiger partial charge in [0.15, 0.2) is 5.96 Å². The number of carbonyl (C=O) groups is 4. The third-order valence-corrected chi connectivity index (χ3v) is 4.60. The Kier molecular flexibility index (Phi) is 11.1. The Balaban J connectivity index is 2.79. The predicted molar refractivity (Wildman–Crippen MR) is 120 cm³/mol. The Morgan fingerprint density at radius 2 is 1.55 bits per heavy atom. The fourth-order valence-corrected chi connectivity index (χ4v) is 2.85. The average molecular weight is 466 g/mol. The molecule has 13 nitrogen and oxygen atoms in total. The molecule has 0 bridgehead atoms. The zero-order chi connectivity index (χ0) is 25.0. The van der Waals surface area contributed by atoms with Gasteiger partial charge in [0, 0.05) is 13.0 Å². The molecule has 1 aromatic rings. The number of rotatable bonds is 14. The fourth-order valence-electron chi connectivity index (χ4n) is 2.85. The van der Waals surface area contributed by atoms with E-state index in [-0.39, 0.29) is 50.4 Å². The van der Waals surface area contributed by atoms with Gasteiger partial charge < -0.3 is 43.8 Å². The minimum absolute atomic E-state index is 0.0364. The van der Waals surface area contributed by atoms with Crippen LogP contribution >= 0.6 is 0 Å². The first kappa shape index (κ1) is 27.2. The first-order chi connectivity index (χ1) is 15.5. The van der Waals surface area contributed by atoms with E-state index in [0.717, 1.165) is 0 Å². The van der Waals surface area contributed by atoms with Crippen molar-refractivity contribution in [1.29, 1.82) is 0 Å². The second-order valence-electron chi connectivity index (χ2n) is 7.39. The smallest absolute Gasteiger partial charge is 0.326 e. The summed E-state index contributed by atoms with van der Waals surface area (Å²) in [6.07, 6.45) is 0.0887. The lowest BCUT2D eigenvalue weighted by Gasteiger charge is -2.22. The molecule has 0 aliphatic heterocycles. The number of nitrogens with two attached hydrogens (primary N) is 4. The van der Waals surface area contributed by atoms with Gasteiger partial charge in [-0.2, -0.15) is 0 Å². The molecule has 3 unspecified atom stereocenters. The number of hydrogen-bond acceptors (Lipinski definition) is 7. The van der Waals surface area contributed by atoms with Gasteiger partial charge in [-0.1, -0.05) is 12.1 Å². The monoisotopic (exact) mass is 465 g/mol. The van der Waals surface area contributed by atoms with Crippen molar-refractivity contribution in [2.24, 2.45) is 27.9 Å². The van der Waals surface area contributed by atoms with Gasteiger partial charge >= 0.3 is 5.97 Å². The van der Waals surface area contributed by atoms with Gasteiger partial charge in [0.25, 0.3) is 0 Å². The standard InChI is InChI=1S/C20H31N7O6/c21-13(10-11-3-5-12(28)6-4-11)17(30)26-14(7-8-16(22)29)18(31)27-15(19(32)33)2-1-9-25-20(23)24/h3-6,13-15,28H,1-2,7-10,21H2,(H2,22,29)(H,26,30)(H,27,31)(H,32,33)(H4,23,24,25). The number of nitrogens with zero attached hydrogens (tertiary/aromatic N) is 1. The van der Waals surface area contributed by atoms with Crippen molar-refractivity contribution in [3.05, 3.63) is 29.8 Å². The summed E-state index contributed by atoms with van der Waals surface area (Å²) in [6, 6.07) is 2.57. The highest BCUT2D eigenvalue weighted by Crippen LogP contribution is 2.11. The Morgan fingerprint density at radius 3 is 2.09 bits per heavy atom. The molecule has 13 heteroatoms. The van der Waals surface area contributed by atoms with E-state index in [2.05, 4.69) is 15.6 Å². The highest BCUT2D eigenvalue weighted by atomic mass is 16.4. The minimum atomic E-state index is -1.28. The molecule has 12 N–H and O–H groups in total. The minimum Gasteiger partial charge on any atom is -0.508 e. The van der Waals surface area contributed by atoms with Gasteiger partial charge in [-0.05, 0) is 43.4 Å². The van der Waals surface area contributed by atoms with Crippen molar-refractivity contribution in [1.82, 2.24) is 10.6 Å². The largest absolute Gasteiger partial charge is 0.508 e. The summed E-state index contributed by atoms with van der Waals surface area (Å²) in [4.78, 5) is 51.7. The molecule has 0 spiro atoms. The number of benzene rings is 1. The Labute approximate surface area is 190 Å². The van der Waals surface area contributed by atoms with Gasteiger partial charge in [0.05, 0.1) is 6.04 Å². The molecule has 0 radical (unpaired) electrons. The Hall–Kier alpha value is -3.87. The number of aliphatic carboxylic acids is 1. The number of aromatic hydroxyl groups is 1. The molecule has 0 heterocycles. The highest BCUT2D eigenvalue weighted by molar-refractivity contribution is 5.92. The Morgan fingerprint density at radius 1 is 0.939 bits per heavy atom. The maximum absolute atomic E-state index is 12.7. The lowest BCUT2D eigenvalue weighted by atomic mass is 10.0. The molecule has 0 saturated carbocycles. The number of hydrogen-bond donors (Lipinski definition) is 8. The molecular formula is C20H31N7O6. The summed E-state index contributed by atoms with van der Waals surface area (Å²) in [6.45, 7) is 0.177. The van der Waals surface area contributed by atoms with Crippen molar-refractivity contribution in [3.8, 4) is 5.75 Å². The third kappa shape index (κ3) is 10.8. The summed E-state index contributed by atoms with van der Waals surface area (Å²) >= 11 is 0. The number of phenols is 1. The normalized spacial score (nSPS) is 13.2. The summed E-state index contributed by atoms with van der Waals surface area (Å²) < 4.78 is 0. The van der Waals surface area contributed by atoms with E-state index in [1.54, 1.807) is 12.1 Å². The van der Waals surface area contributed by atoms with Crippen LogP contribution in [0.1, 0.15) is 31.2 Å². The lowest BCUT2D eigenvalue weighted by Crippen LogP contribution is -2.55. The van der Waals surface area contributed by atoms with Crippen molar-refractivity contribution >= 4 is 29.7 Å². The molecule has 0 aromatic heterocycles. The highest BCUT2D eigenvalue weighted by Gasteiger charge is 2.28. The van der Waals surface area contributed by atoms with Crippen LogP contribution in [0.25, 0.3) is 0 Å². The zero-order valence-corrected chi connectivity index (χ0v) is 18.1. The molecule has 3 atom stereocenters. The molecule has 3 amide bonds. The fraction of sp³-hybridized carbons (Fsp3) is 0.450. The lowest BCUT2D eigenvalue weighted by molar-refractivity contribution is -0.142. The molecule has 1 aromatic carbocycles. The van der Waals surface area contributed by atoms with Crippen LogP contribution in [0.4, 0.5) is 0 Å². The summed E-state index contributed by atoms with van der Waals surface area (Å²) in [5.41, 5.74) is 22.2. The van der Waals surface area contributed by atoms with Gasteiger partial charge in [0.2, 0.25) is 17.7 Å². The Bertz CT molecular complexity index is 855. The molecular weight excluding hydrogens is 434 g/mol. The maximum Gasteiger partial charge on any atom is 0.326 e. The quantitative estimate of drug-likeness (QED) is 0.0829. The first-order valence-electron chi connectivity index (χ1n) is 10.2. The van der Waals surface area contributed by atoms with Crippen molar-refractivity contribution in [2.45, 2.75) is 50.2 Å². The summed E-state index contributed by atoms with van der Waals surface area (Å²) in [5, 5.41) is 23.5. The second kappa shape index (κ2) is 13.5. The number of aliphatic imine (C=N–C) groups is 1. The van der Waals surface area contributed by atoms with Gasteiger partial charge in [-0.25, -0.2) is 4.79 Å². The van der Waals surface area contributed by atoms with E-state index in [1.807, 2.05) is 0 Å². The van der Waals surface area contributed by atoms with E-state index in [1.165, 1.54) is 12.1 Å². The van der Waals surface area contributed by atoms with E-state index in [0.29, 0.717) is 5.56 Å². The van der Waals surface area contributed by atoms with Crippen LogP contribution in [-0.2, 0) is 25.6 Å². The number of carboxylic acids is 1. The van der Waals surface area contributed by atoms with E-state index in [9.17, 15) is 29.4 Å².